The van der Waals surface area contributed by atoms with Crippen LogP contribution in [0.1, 0.15) is 38.9 Å². The molecular formula is C27H23ClN6O2. The minimum absolute atomic E-state index is 0.00756. The number of H-pyrrole nitrogens is 1. The molecule has 2 aromatic carbocycles. The highest BCUT2D eigenvalue weighted by atomic mass is 35.5. The van der Waals surface area contributed by atoms with E-state index >= 15 is 0 Å². The number of rotatable bonds is 4. The summed E-state index contributed by atoms with van der Waals surface area (Å²) < 4.78 is 1.83. The first-order valence-electron chi connectivity index (χ1n) is 11.8. The molecule has 36 heavy (non-hydrogen) atoms. The summed E-state index contributed by atoms with van der Waals surface area (Å²) >= 11 is 6.29. The van der Waals surface area contributed by atoms with E-state index in [-0.39, 0.29) is 29.6 Å². The molecule has 0 spiro atoms. The second-order valence-electron chi connectivity index (χ2n) is 8.99. The third-order valence-electron chi connectivity index (χ3n) is 6.78. The third kappa shape index (κ3) is 4.09. The van der Waals surface area contributed by atoms with Crippen molar-refractivity contribution in [2.45, 2.75) is 18.4 Å². The maximum absolute atomic E-state index is 13.6. The van der Waals surface area contributed by atoms with Crippen LogP contribution in [0.5, 0.6) is 0 Å². The highest BCUT2D eigenvalue weighted by Gasteiger charge is 2.35. The molecule has 1 aliphatic rings. The van der Waals surface area contributed by atoms with Gasteiger partial charge in [0.25, 0.3) is 11.8 Å². The fourth-order valence-corrected chi connectivity index (χ4v) is 5.22. The van der Waals surface area contributed by atoms with Crippen molar-refractivity contribution >= 4 is 40.0 Å². The van der Waals surface area contributed by atoms with Crippen LogP contribution in [0.2, 0.25) is 5.02 Å². The minimum Gasteiger partial charge on any atom is -0.344 e. The predicted molar refractivity (Wildman–Crippen MR) is 137 cm³/mol. The first kappa shape index (κ1) is 22.3. The minimum atomic E-state index is -0.327. The van der Waals surface area contributed by atoms with Gasteiger partial charge in [0.1, 0.15) is 0 Å². The molecule has 1 saturated heterocycles. The average molecular weight is 499 g/mol. The summed E-state index contributed by atoms with van der Waals surface area (Å²) in [4.78, 5) is 40.3. The van der Waals surface area contributed by atoms with Crippen LogP contribution in [-0.4, -0.2) is 55.2 Å². The summed E-state index contributed by atoms with van der Waals surface area (Å²) in [7, 11) is 0. The van der Waals surface area contributed by atoms with Crippen molar-refractivity contribution in [1.29, 1.82) is 0 Å². The summed E-state index contributed by atoms with van der Waals surface area (Å²) in [5.41, 5.74) is 3.88. The highest BCUT2D eigenvalue weighted by molar-refractivity contribution is 6.30. The molecule has 5 aromatic rings. The van der Waals surface area contributed by atoms with Crippen LogP contribution in [0.15, 0.2) is 79.4 Å². The van der Waals surface area contributed by atoms with Crippen LogP contribution in [0.3, 0.4) is 0 Å². The molecule has 0 unspecified atom stereocenters. The SMILES string of the molecule is O=C(N[C@@H]1CN(C(=O)c2cccn3cncc23)CC[C@H]1c1cccc(Cl)c1)c1nc2ccccc2[nH]1. The van der Waals surface area contributed by atoms with Crippen molar-refractivity contribution in [1.82, 2.24) is 29.6 Å². The fraction of sp³-hybridized carbons (Fsp3) is 0.185. The number of imidazole rings is 2. The topological polar surface area (TPSA) is 95.4 Å². The Hall–Kier alpha value is -4.17. The summed E-state index contributed by atoms with van der Waals surface area (Å²) in [6, 6.07) is 18.5. The number of carbonyl (C=O) groups excluding carboxylic acids is 2. The normalized spacial score (nSPS) is 18.0. The number of pyridine rings is 1. The van der Waals surface area contributed by atoms with E-state index in [4.69, 9.17) is 11.6 Å². The van der Waals surface area contributed by atoms with Gasteiger partial charge in [-0.15, -0.1) is 0 Å². The van der Waals surface area contributed by atoms with E-state index in [0.29, 0.717) is 30.1 Å². The van der Waals surface area contributed by atoms with Gasteiger partial charge >= 0.3 is 0 Å². The molecule has 180 valence electrons. The van der Waals surface area contributed by atoms with Gasteiger partial charge in [0.05, 0.1) is 40.7 Å². The van der Waals surface area contributed by atoms with Crippen LogP contribution in [0.4, 0.5) is 0 Å². The van der Waals surface area contributed by atoms with E-state index in [1.165, 1.54) is 0 Å². The van der Waals surface area contributed by atoms with Gasteiger partial charge in [0.2, 0.25) is 0 Å². The lowest BCUT2D eigenvalue weighted by Gasteiger charge is -2.39. The summed E-state index contributed by atoms with van der Waals surface area (Å²) in [5.74, 6) is -0.163. The number of amides is 2. The summed E-state index contributed by atoms with van der Waals surface area (Å²) in [6.45, 7) is 0.916. The van der Waals surface area contributed by atoms with E-state index in [1.807, 2.05) is 71.3 Å². The number of hydrogen-bond donors (Lipinski definition) is 2. The molecule has 0 aliphatic carbocycles. The Morgan fingerprint density at radius 3 is 2.83 bits per heavy atom. The van der Waals surface area contributed by atoms with Crippen molar-refractivity contribution < 1.29 is 9.59 Å². The van der Waals surface area contributed by atoms with Crippen molar-refractivity contribution in [3.05, 3.63) is 101 Å². The van der Waals surface area contributed by atoms with Crippen LogP contribution in [0.25, 0.3) is 16.6 Å². The van der Waals surface area contributed by atoms with E-state index in [9.17, 15) is 9.59 Å². The number of piperidine rings is 1. The molecule has 2 N–H and O–H groups in total. The highest BCUT2D eigenvalue weighted by Crippen LogP contribution is 2.31. The maximum Gasteiger partial charge on any atom is 0.287 e. The molecule has 6 rings (SSSR count). The number of likely N-dealkylation sites (tertiary alicyclic amines) is 1. The lowest BCUT2D eigenvalue weighted by molar-refractivity contribution is 0.0655. The molecule has 0 bridgehead atoms. The van der Waals surface area contributed by atoms with E-state index < -0.39 is 0 Å². The zero-order valence-electron chi connectivity index (χ0n) is 19.3. The van der Waals surface area contributed by atoms with Crippen LogP contribution >= 0.6 is 11.6 Å². The quantitative estimate of drug-likeness (QED) is 0.386. The standard InChI is InChI=1S/C27H23ClN6O2/c28-18-6-3-5-17(13-18)19-10-12-33(27(36)20-7-4-11-34-16-29-14-24(20)34)15-23(19)32-26(35)25-30-21-8-1-2-9-22(21)31-25/h1-9,11,13-14,16,19,23H,10,12,15H2,(H,30,31)(H,32,35)/t19-,23+/m0/s1. The fourth-order valence-electron chi connectivity index (χ4n) is 5.02. The second kappa shape index (κ2) is 9.13. The van der Waals surface area contributed by atoms with E-state index in [0.717, 1.165) is 22.1 Å². The molecular weight excluding hydrogens is 476 g/mol. The average Bonchev–Trinajstić information content (AvgIpc) is 3.55. The molecule has 0 saturated carbocycles. The van der Waals surface area contributed by atoms with Gasteiger partial charge in [0.15, 0.2) is 5.82 Å². The molecule has 4 heterocycles. The Kier molecular flexibility index (Phi) is 5.65. The van der Waals surface area contributed by atoms with Gasteiger partial charge in [0, 0.05) is 30.2 Å². The van der Waals surface area contributed by atoms with Gasteiger partial charge in [-0.2, -0.15) is 0 Å². The Labute approximate surface area is 211 Å². The number of hydrogen-bond acceptors (Lipinski definition) is 4. The van der Waals surface area contributed by atoms with Crippen LogP contribution in [-0.2, 0) is 0 Å². The van der Waals surface area contributed by atoms with Gasteiger partial charge in [-0.1, -0.05) is 35.9 Å². The molecule has 8 nitrogen and oxygen atoms in total. The Bertz CT molecular complexity index is 1560. The van der Waals surface area contributed by atoms with Gasteiger partial charge < -0.3 is 19.6 Å². The number of fused-ring (bicyclic) bond motifs is 2. The maximum atomic E-state index is 13.6. The number of nitrogens with zero attached hydrogens (tertiary/aromatic N) is 4. The number of benzene rings is 2. The molecule has 2 amide bonds. The van der Waals surface area contributed by atoms with Crippen molar-refractivity contribution in [3.8, 4) is 0 Å². The Morgan fingerprint density at radius 1 is 1.08 bits per heavy atom. The number of halogens is 1. The molecule has 2 atom stereocenters. The number of nitrogens with one attached hydrogen (secondary N) is 2. The predicted octanol–water partition coefficient (Wildman–Crippen LogP) is 4.29. The van der Waals surface area contributed by atoms with E-state index in [1.54, 1.807) is 17.4 Å². The monoisotopic (exact) mass is 498 g/mol. The molecule has 9 heteroatoms. The summed E-state index contributed by atoms with van der Waals surface area (Å²) in [5, 5.41) is 3.79. The number of para-hydroxylation sites is 2. The van der Waals surface area contributed by atoms with Crippen LogP contribution in [0, 0.1) is 0 Å². The van der Waals surface area contributed by atoms with Gasteiger partial charge in [-0.05, 0) is 48.4 Å². The first-order valence-corrected chi connectivity index (χ1v) is 12.2. The summed E-state index contributed by atoms with van der Waals surface area (Å²) in [6.07, 6.45) is 5.90. The zero-order chi connectivity index (χ0) is 24.6. The molecule has 0 radical (unpaired) electrons. The zero-order valence-corrected chi connectivity index (χ0v) is 20.0. The Balaban J connectivity index is 1.30. The van der Waals surface area contributed by atoms with Crippen LogP contribution < -0.4 is 5.32 Å². The number of carbonyl (C=O) groups is 2. The smallest absolute Gasteiger partial charge is 0.287 e. The lowest BCUT2D eigenvalue weighted by Crippen LogP contribution is -2.53. The van der Waals surface area contributed by atoms with Crippen molar-refractivity contribution in [3.63, 3.8) is 0 Å². The Morgan fingerprint density at radius 2 is 1.97 bits per heavy atom. The van der Waals surface area contributed by atoms with Gasteiger partial charge in [-0.3, -0.25) is 9.59 Å². The van der Waals surface area contributed by atoms with Crippen molar-refractivity contribution in [2.75, 3.05) is 13.1 Å². The number of aromatic amines is 1. The number of aromatic nitrogens is 4. The largest absolute Gasteiger partial charge is 0.344 e. The van der Waals surface area contributed by atoms with Gasteiger partial charge in [-0.25, -0.2) is 9.97 Å². The van der Waals surface area contributed by atoms with E-state index in [2.05, 4.69) is 20.3 Å². The molecule has 1 aliphatic heterocycles. The molecule has 1 fully saturated rings. The van der Waals surface area contributed by atoms with Crippen molar-refractivity contribution in [2.24, 2.45) is 0 Å². The second-order valence-corrected chi connectivity index (χ2v) is 9.43. The first-order chi connectivity index (χ1) is 17.6. The molecule has 3 aromatic heterocycles. The lowest BCUT2D eigenvalue weighted by atomic mass is 9.85. The third-order valence-corrected chi connectivity index (χ3v) is 7.01.